The van der Waals surface area contributed by atoms with Crippen LogP contribution >= 0.6 is 0 Å². The zero-order chi connectivity index (χ0) is 14.3. The molecule has 2 amide bonds. The van der Waals surface area contributed by atoms with E-state index in [9.17, 15) is 9.59 Å². The van der Waals surface area contributed by atoms with E-state index in [0.717, 1.165) is 6.42 Å². The Balaban J connectivity index is 2.48. The highest BCUT2D eigenvalue weighted by Crippen LogP contribution is 1.97. The van der Waals surface area contributed by atoms with Gasteiger partial charge in [-0.2, -0.15) is 0 Å². The summed E-state index contributed by atoms with van der Waals surface area (Å²) in [4.78, 5) is 27.8. The van der Waals surface area contributed by atoms with Crippen molar-refractivity contribution in [2.24, 2.45) is 0 Å². The summed E-state index contributed by atoms with van der Waals surface area (Å²) in [7, 11) is 0. The molecule has 0 fully saturated rings. The number of aliphatic carboxylic acids is 1. The molecule has 1 atom stereocenters. The minimum Gasteiger partial charge on any atom is -0.480 e. The van der Waals surface area contributed by atoms with Crippen molar-refractivity contribution < 1.29 is 14.7 Å². The fraction of sp³-hybridized carbons (Fsp3) is 0.583. The molecular weight excluding hydrogens is 248 g/mol. The van der Waals surface area contributed by atoms with Gasteiger partial charge in [0.2, 0.25) is 0 Å². The molecule has 0 spiro atoms. The first-order valence-electron chi connectivity index (χ1n) is 6.26. The quantitative estimate of drug-likeness (QED) is 0.765. The Morgan fingerprint density at radius 1 is 1.53 bits per heavy atom. The van der Waals surface area contributed by atoms with Gasteiger partial charge in [-0.25, -0.2) is 9.78 Å². The van der Waals surface area contributed by atoms with Crippen molar-refractivity contribution in [2.45, 2.75) is 32.9 Å². The Morgan fingerprint density at radius 3 is 2.79 bits per heavy atom. The minimum absolute atomic E-state index is 0.102. The van der Waals surface area contributed by atoms with Crippen LogP contribution in [0.3, 0.4) is 0 Å². The average molecular weight is 268 g/mol. The predicted octanol–water partition coefficient (Wildman–Crippen LogP) is 0.778. The highest BCUT2D eigenvalue weighted by molar-refractivity contribution is 5.80. The van der Waals surface area contributed by atoms with E-state index in [2.05, 4.69) is 10.3 Å². The smallest absolute Gasteiger partial charge is 0.323 e. The molecule has 1 rings (SSSR count). The number of carboxylic acid groups (broad SMARTS) is 1. The number of carboxylic acids is 1. The van der Waals surface area contributed by atoms with Gasteiger partial charge in [-0.3, -0.25) is 4.79 Å². The third kappa shape index (κ3) is 5.41. The molecule has 0 bridgehead atoms. The number of carbonyl (C=O) groups is 2. The Labute approximate surface area is 112 Å². The van der Waals surface area contributed by atoms with E-state index < -0.39 is 5.97 Å². The van der Waals surface area contributed by atoms with Gasteiger partial charge in [0.15, 0.2) is 0 Å². The summed E-state index contributed by atoms with van der Waals surface area (Å²) in [5, 5.41) is 11.6. The second kappa shape index (κ2) is 7.40. The average Bonchev–Trinajstić information content (AvgIpc) is 2.80. The first-order valence-corrected chi connectivity index (χ1v) is 6.26. The van der Waals surface area contributed by atoms with Crippen LogP contribution in [0.15, 0.2) is 18.7 Å². The fourth-order valence-corrected chi connectivity index (χ4v) is 1.74. The van der Waals surface area contributed by atoms with Crippen molar-refractivity contribution in [1.29, 1.82) is 0 Å². The standard InChI is InChI=1S/C12H20N4O3/c1-3-5-16(8-11(17)18)12(19)14-10(2)7-15-6-4-13-9-15/h4,6,9-10H,3,5,7-8H2,1-2H3,(H,14,19)(H,17,18). The molecule has 1 heterocycles. The molecular formula is C12H20N4O3. The third-order valence-electron chi connectivity index (χ3n) is 2.52. The molecule has 0 aliphatic carbocycles. The summed E-state index contributed by atoms with van der Waals surface area (Å²) in [5.74, 6) is -1.01. The molecule has 0 radical (unpaired) electrons. The Morgan fingerprint density at radius 2 is 2.26 bits per heavy atom. The molecule has 0 aromatic carbocycles. The largest absolute Gasteiger partial charge is 0.480 e. The first kappa shape index (κ1) is 15.0. The number of nitrogens with zero attached hydrogens (tertiary/aromatic N) is 3. The predicted molar refractivity (Wildman–Crippen MR) is 69.7 cm³/mol. The molecule has 0 saturated heterocycles. The molecule has 1 unspecified atom stereocenters. The van der Waals surface area contributed by atoms with Crippen molar-refractivity contribution in [2.75, 3.05) is 13.1 Å². The Hall–Kier alpha value is -2.05. The van der Waals surface area contributed by atoms with Crippen LogP contribution in [0.1, 0.15) is 20.3 Å². The molecule has 106 valence electrons. The van der Waals surface area contributed by atoms with Gasteiger partial charge in [0, 0.05) is 31.5 Å². The number of rotatable bonds is 7. The highest BCUT2D eigenvalue weighted by atomic mass is 16.4. The van der Waals surface area contributed by atoms with Crippen LogP contribution in [-0.2, 0) is 11.3 Å². The molecule has 0 saturated carbocycles. The van der Waals surface area contributed by atoms with E-state index in [1.807, 2.05) is 24.6 Å². The zero-order valence-electron chi connectivity index (χ0n) is 11.2. The lowest BCUT2D eigenvalue weighted by Crippen LogP contribution is -2.47. The number of nitrogens with one attached hydrogen (secondary N) is 1. The molecule has 1 aromatic rings. The minimum atomic E-state index is -1.01. The van der Waals surface area contributed by atoms with E-state index >= 15 is 0 Å². The lowest BCUT2D eigenvalue weighted by Gasteiger charge is -2.23. The first-order chi connectivity index (χ1) is 9.02. The van der Waals surface area contributed by atoms with Crippen LogP contribution in [0.4, 0.5) is 4.79 Å². The zero-order valence-corrected chi connectivity index (χ0v) is 11.2. The molecule has 2 N–H and O–H groups in total. The van der Waals surface area contributed by atoms with Crippen molar-refractivity contribution in [1.82, 2.24) is 19.8 Å². The Bertz CT molecular complexity index is 405. The van der Waals surface area contributed by atoms with Crippen molar-refractivity contribution in [3.63, 3.8) is 0 Å². The van der Waals surface area contributed by atoms with Crippen LogP contribution in [0.2, 0.25) is 0 Å². The van der Waals surface area contributed by atoms with E-state index in [1.54, 1.807) is 12.5 Å². The van der Waals surface area contributed by atoms with Crippen LogP contribution in [0.25, 0.3) is 0 Å². The number of imidazole rings is 1. The lowest BCUT2D eigenvalue weighted by molar-refractivity contribution is -0.137. The second-order valence-electron chi connectivity index (χ2n) is 4.43. The topological polar surface area (TPSA) is 87.5 Å². The summed E-state index contributed by atoms with van der Waals surface area (Å²) >= 11 is 0. The normalized spacial score (nSPS) is 11.9. The van der Waals surface area contributed by atoms with Crippen LogP contribution < -0.4 is 5.32 Å². The number of hydrogen-bond donors (Lipinski definition) is 2. The third-order valence-corrected chi connectivity index (χ3v) is 2.52. The van der Waals surface area contributed by atoms with Gasteiger partial charge in [-0.1, -0.05) is 6.92 Å². The number of hydrogen-bond acceptors (Lipinski definition) is 3. The molecule has 7 heteroatoms. The second-order valence-corrected chi connectivity index (χ2v) is 4.43. The summed E-state index contributed by atoms with van der Waals surface area (Å²) in [5.41, 5.74) is 0. The van der Waals surface area contributed by atoms with Crippen molar-refractivity contribution in [3.05, 3.63) is 18.7 Å². The van der Waals surface area contributed by atoms with Crippen LogP contribution in [0.5, 0.6) is 0 Å². The van der Waals surface area contributed by atoms with Crippen molar-refractivity contribution >= 4 is 12.0 Å². The van der Waals surface area contributed by atoms with Gasteiger partial charge in [-0.05, 0) is 13.3 Å². The number of carbonyl (C=O) groups excluding carboxylic acids is 1. The lowest BCUT2D eigenvalue weighted by atomic mass is 10.3. The number of amides is 2. The van der Waals surface area contributed by atoms with Gasteiger partial charge in [-0.15, -0.1) is 0 Å². The summed E-state index contributed by atoms with van der Waals surface area (Å²) < 4.78 is 1.85. The SMILES string of the molecule is CCCN(CC(=O)O)C(=O)NC(C)Cn1ccnc1. The number of aromatic nitrogens is 2. The molecule has 0 aliphatic heterocycles. The maximum absolute atomic E-state index is 11.9. The summed E-state index contributed by atoms with van der Waals surface area (Å²) in [6.07, 6.45) is 5.87. The van der Waals surface area contributed by atoms with E-state index in [4.69, 9.17) is 5.11 Å². The molecule has 7 nitrogen and oxygen atoms in total. The molecule has 0 aliphatic rings. The van der Waals surface area contributed by atoms with Crippen molar-refractivity contribution in [3.8, 4) is 0 Å². The number of urea groups is 1. The van der Waals surface area contributed by atoms with Gasteiger partial charge < -0.3 is 19.9 Å². The monoisotopic (exact) mass is 268 g/mol. The van der Waals surface area contributed by atoms with E-state index in [1.165, 1.54) is 4.90 Å². The summed E-state index contributed by atoms with van der Waals surface area (Å²) in [6.45, 7) is 4.51. The van der Waals surface area contributed by atoms with E-state index in [0.29, 0.717) is 13.1 Å². The van der Waals surface area contributed by atoms with Crippen LogP contribution in [0, 0.1) is 0 Å². The van der Waals surface area contributed by atoms with Gasteiger partial charge >= 0.3 is 12.0 Å². The van der Waals surface area contributed by atoms with E-state index in [-0.39, 0.29) is 18.6 Å². The van der Waals surface area contributed by atoms with Gasteiger partial charge in [0.1, 0.15) is 6.54 Å². The van der Waals surface area contributed by atoms with Gasteiger partial charge in [0.25, 0.3) is 0 Å². The molecule has 19 heavy (non-hydrogen) atoms. The maximum Gasteiger partial charge on any atom is 0.323 e. The van der Waals surface area contributed by atoms with Gasteiger partial charge in [0.05, 0.1) is 6.33 Å². The molecule has 1 aromatic heterocycles. The van der Waals surface area contributed by atoms with Crippen LogP contribution in [-0.4, -0.2) is 50.7 Å². The highest BCUT2D eigenvalue weighted by Gasteiger charge is 2.17. The fourth-order valence-electron chi connectivity index (χ4n) is 1.74. The maximum atomic E-state index is 11.9. The summed E-state index contributed by atoms with van der Waals surface area (Å²) in [6, 6.07) is -0.452. The Kier molecular flexibility index (Phi) is 5.84.